The molecule has 1 atom stereocenters. The summed E-state index contributed by atoms with van der Waals surface area (Å²) in [5, 5.41) is 0. The Hall–Kier alpha value is -1.97. The SMILES string of the molecule is CCC(C)NS(=O)(=O)c1ccc(S(=O)(=O)Nc2ccncc2)cc1. The molecule has 0 aliphatic heterocycles. The molecular weight excluding hydrogens is 350 g/mol. The summed E-state index contributed by atoms with van der Waals surface area (Å²) in [7, 11) is -7.46. The normalized spacial score (nSPS) is 13.4. The van der Waals surface area contributed by atoms with Crippen molar-refractivity contribution in [3.63, 3.8) is 0 Å². The second-order valence-corrected chi connectivity index (χ2v) is 8.64. The standard InChI is InChI=1S/C15H19N3O4S2/c1-3-12(2)17-23(19,20)14-4-6-15(7-5-14)24(21,22)18-13-8-10-16-11-9-13/h4-12,17H,3H2,1-2H3,(H,16,18). The van der Waals surface area contributed by atoms with Gasteiger partial charge >= 0.3 is 0 Å². The van der Waals surface area contributed by atoms with Crippen molar-refractivity contribution in [1.82, 2.24) is 9.71 Å². The summed E-state index contributed by atoms with van der Waals surface area (Å²) in [5.41, 5.74) is 0.375. The van der Waals surface area contributed by atoms with Gasteiger partial charge in [0.25, 0.3) is 10.0 Å². The first-order valence-electron chi connectivity index (χ1n) is 7.30. The topological polar surface area (TPSA) is 105 Å². The van der Waals surface area contributed by atoms with Gasteiger partial charge in [-0.1, -0.05) is 6.92 Å². The number of anilines is 1. The maximum Gasteiger partial charge on any atom is 0.261 e. The van der Waals surface area contributed by atoms with Gasteiger partial charge in [-0.2, -0.15) is 0 Å². The van der Waals surface area contributed by atoms with E-state index in [0.29, 0.717) is 12.1 Å². The lowest BCUT2D eigenvalue weighted by molar-refractivity contribution is 0.555. The third kappa shape index (κ3) is 4.53. The molecule has 7 nitrogen and oxygen atoms in total. The van der Waals surface area contributed by atoms with Crippen LogP contribution in [0, 0.1) is 0 Å². The van der Waals surface area contributed by atoms with Gasteiger partial charge in [-0.25, -0.2) is 21.6 Å². The lowest BCUT2D eigenvalue weighted by Gasteiger charge is -2.13. The van der Waals surface area contributed by atoms with Crippen LogP contribution in [0.15, 0.2) is 58.6 Å². The Balaban J connectivity index is 2.22. The van der Waals surface area contributed by atoms with Crippen LogP contribution in [0.1, 0.15) is 20.3 Å². The number of nitrogens with zero attached hydrogens (tertiary/aromatic N) is 1. The van der Waals surface area contributed by atoms with Crippen LogP contribution in [-0.4, -0.2) is 27.9 Å². The highest BCUT2D eigenvalue weighted by Gasteiger charge is 2.19. The lowest BCUT2D eigenvalue weighted by Crippen LogP contribution is -2.32. The Labute approximate surface area is 142 Å². The van der Waals surface area contributed by atoms with E-state index in [2.05, 4.69) is 14.4 Å². The van der Waals surface area contributed by atoms with Gasteiger partial charge in [0, 0.05) is 18.4 Å². The summed E-state index contributed by atoms with van der Waals surface area (Å²) in [5.74, 6) is 0. The van der Waals surface area contributed by atoms with Gasteiger partial charge in [0.1, 0.15) is 0 Å². The smallest absolute Gasteiger partial charge is 0.261 e. The van der Waals surface area contributed by atoms with E-state index in [4.69, 9.17) is 0 Å². The van der Waals surface area contributed by atoms with Gasteiger partial charge < -0.3 is 0 Å². The zero-order valence-corrected chi connectivity index (χ0v) is 14.9. The van der Waals surface area contributed by atoms with Crippen molar-refractivity contribution >= 4 is 25.7 Å². The zero-order chi connectivity index (χ0) is 17.8. The third-order valence-electron chi connectivity index (χ3n) is 3.35. The largest absolute Gasteiger partial charge is 0.280 e. The van der Waals surface area contributed by atoms with Crippen LogP contribution < -0.4 is 9.44 Å². The van der Waals surface area contributed by atoms with Crippen LogP contribution in [0.5, 0.6) is 0 Å². The Bertz CT molecular complexity index is 880. The minimum atomic E-state index is -3.80. The fraction of sp³-hybridized carbons (Fsp3) is 0.267. The zero-order valence-electron chi connectivity index (χ0n) is 13.3. The molecule has 0 spiro atoms. The first kappa shape index (κ1) is 18.4. The van der Waals surface area contributed by atoms with E-state index >= 15 is 0 Å². The fourth-order valence-corrected chi connectivity index (χ4v) is 4.23. The maximum atomic E-state index is 12.3. The van der Waals surface area contributed by atoms with Crippen LogP contribution in [0.4, 0.5) is 5.69 Å². The number of hydrogen-bond donors (Lipinski definition) is 2. The van der Waals surface area contributed by atoms with E-state index in [1.165, 1.54) is 48.8 Å². The molecule has 2 aromatic rings. The predicted molar refractivity (Wildman–Crippen MR) is 91.6 cm³/mol. The van der Waals surface area contributed by atoms with Crippen LogP contribution in [0.2, 0.25) is 0 Å². The number of hydrogen-bond acceptors (Lipinski definition) is 5. The number of benzene rings is 1. The first-order chi connectivity index (χ1) is 11.2. The highest BCUT2D eigenvalue weighted by Crippen LogP contribution is 2.18. The van der Waals surface area contributed by atoms with Crippen molar-refractivity contribution < 1.29 is 16.8 Å². The van der Waals surface area contributed by atoms with Gasteiger partial charge in [0.15, 0.2) is 0 Å². The first-order valence-corrected chi connectivity index (χ1v) is 10.3. The molecule has 130 valence electrons. The van der Waals surface area contributed by atoms with E-state index in [0.717, 1.165) is 0 Å². The summed E-state index contributed by atoms with van der Waals surface area (Å²) in [4.78, 5) is 3.80. The quantitative estimate of drug-likeness (QED) is 0.776. The van der Waals surface area contributed by atoms with E-state index < -0.39 is 20.0 Å². The average molecular weight is 369 g/mol. The molecule has 0 fully saturated rings. The second kappa shape index (κ2) is 7.29. The van der Waals surface area contributed by atoms with Crippen molar-refractivity contribution in [2.45, 2.75) is 36.1 Å². The summed E-state index contributed by atoms with van der Waals surface area (Å²) < 4.78 is 53.8. The monoisotopic (exact) mass is 369 g/mol. The number of rotatable bonds is 7. The molecule has 0 amide bonds. The van der Waals surface area contributed by atoms with Gasteiger partial charge in [-0.15, -0.1) is 0 Å². The minimum Gasteiger partial charge on any atom is -0.280 e. The predicted octanol–water partition coefficient (Wildman–Crippen LogP) is 1.96. The van der Waals surface area contributed by atoms with Crippen molar-refractivity contribution in [1.29, 1.82) is 0 Å². The number of nitrogens with one attached hydrogen (secondary N) is 2. The molecule has 2 N–H and O–H groups in total. The Morgan fingerprint density at radius 1 is 0.917 bits per heavy atom. The highest BCUT2D eigenvalue weighted by atomic mass is 32.2. The Morgan fingerprint density at radius 3 is 1.92 bits per heavy atom. The van der Waals surface area contributed by atoms with Crippen molar-refractivity contribution in [2.75, 3.05) is 4.72 Å². The van der Waals surface area contributed by atoms with E-state index in [-0.39, 0.29) is 15.8 Å². The highest BCUT2D eigenvalue weighted by molar-refractivity contribution is 7.92. The van der Waals surface area contributed by atoms with E-state index in [9.17, 15) is 16.8 Å². The lowest BCUT2D eigenvalue weighted by atomic mass is 10.3. The van der Waals surface area contributed by atoms with E-state index in [1.54, 1.807) is 6.92 Å². The fourth-order valence-electron chi connectivity index (χ4n) is 1.85. The van der Waals surface area contributed by atoms with Crippen LogP contribution in [-0.2, 0) is 20.0 Å². The molecule has 1 aromatic heterocycles. The minimum absolute atomic E-state index is 0.0191. The van der Waals surface area contributed by atoms with E-state index in [1.807, 2.05) is 6.92 Å². The molecule has 1 heterocycles. The molecule has 1 aromatic carbocycles. The molecule has 0 bridgehead atoms. The maximum absolute atomic E-state index is 12.3. The number of aromatic nitrogens is 1. The van der Waals surface area contributed by atoms with Gasteiger partial charge in [-0.05, 0) is 49.7 Å². The molecule has 0 radical (unpaired) electrons. The molecule has 2 rings (SSSR count). The summed E-state index contributed by atoms with van der Waals surface area (Å²) >= 11 is 0. The molecular formula is C15H19N3O4S2. The molecule has 1 unspecified atom stereocenters. The average Bonchev–Trinajstić information content (AvgIpc) is 2.55. The molecule has 0 aliphatic carbocycles. The van der Waals surface area contributed by atoms with Gasteiger partial charge in [-0.3, -0.25) is 9.71 Å². The molecule has 0 saturated carbocycles. The Kier molecular flexibility index (Phi) is 5.58. The summed E-state index contributed by atoms with van der Waals surface area (Å²) in [6.07, 6.45) is 3.59. The number of pyridine rings is 1. The van der Waals surface area contributed by atoms with Crippen molar-refractivity contribution in [3.05, 3.63) is 48.8 Å². The third-order valence-corrected chi connectivity index (χ3v) is 6.35. The number of sulfonamides is 2. The molecule has 9 heteroatoms. The van der Waals surface area contributed by atoms with Gasteiger partial charge in [0.05, 0.1) is 15.5 Å². The Morgan fingerprint density at radius 2 is 1.42 bits per heavy atom. The molecule has 0 saturated heterocycles. The van der Waals surface area contributed by atoms with Crippen molar-refractivity contribution in [3.8, 4) is 0 Å². The summed E-state index contributed by atoms with van der Waals surface area (Å²) in [6, 6.07) is 7.90. The molecule has 0 aliphatic rings. The van der Waals surface area contributed by atoms with Crippen molar-refractivity contribution in [2.24, 2.45) is 0 Å². The van der Waals surface area contributed by atoms with Crippen LogP contribution >= 0.6 is 0 Å². The second-order valence-electron chi connectivity index (χ2n) is 5.24. The van der Waals surface area contributed by atoms with Crippen LogP contribution in [0.25, 0.3) is 0 Å². The van der Waals surface area contributed by atoms with Gasteiger partial charge in [0.2, 0.25) is 10.0 Å². The molecule has 24 heavy (non-hydrogen) atoms. The van der Waals surface area contributed by atoms with Crippen LogP contribution in [0.3, 0.4) is 0 Å². The summed E-state index contributed by atoms with van der Waals surface area (Å²) in [6.45, 7) is 3.63.